The molecule has 0 saturated heterocycles. The van der Waals surface area contributed by atoms with Crippen molar-refractivity contribution in [2.24, 2.45) is 0 Å². The molecule has 0 fully saturated rings. The number of amides is 2. The Balaban J connectivity index is 1.80. The summed E-state index contributed by atoms with van der Waals surface area (Å²) in [6.45, 7) is 1.83. The molecule has 0 bridgehead atoms. The summed E-state index contributed by atoms with van der Waals surface area (Å²) in [6, 6.07) is 12.3. The smallest absolute Gasteiger partial charge is 0.308 e. The van der Waals surface area contributed by atoms with E-state index < -0.39 is 6.03 Å². The largest absolute Gasteiger partial charge is 0.324 e. The van der Waals surface area contributed by atoms with Crippen molar-refractivity contribution in [3.8, 4) is 11.1 Å². The molecule has 122 valence electrons. The number of aryl methyl sites for hydroxylation is 1. The zero-order valence-corrected chi connectivity index (χ0v) is 13.5. The zero-order chi connectivity index (χ0) is 17.1. The summed E-state index contributed by atoms with van der Waals surface area (Å²) in [6.07, 6.45) is 0. The Morgan fingerprint density at radius 3 is 2.62 bits per heavy atom. The fourth-order valence-corrected chi connectivity index (χ4v) is 2.52. The molecule has 24 heavy (non-hydrogen) atoms. The molecule has 0 radical (unpaired) electrons. The number of aromatic amines is 1. The predicted molar refractivity (Wildman–Crippen MR) is 92.8 cm³/mol. The summed E-state index contributed by atoms with van der Waals surface area (Å²) < 4.78 is 13.1. The summed E-state index contributed by atoms with van der Waals surface area (Å²) in [4.78, 5) is 12.2. The fourth-order valence-electron chi connectivity index (χ4n) is 2.33. The van der Waals surface area contributed by atoms with Crippen molar-refractivity contribution in [3.63, 3.8) is 0 Å². The number of rotatable bonds is 3. The minimum Gasteiger partial charge on any atom is -0.308 e. The van der Waals surface area contributed by atoms with Crippen LogP contribution in [0.5, 0.6) is 0 Å². The van der Waals surface area contributed by atoms with Crippen LogP contribution in [0.1, 0.15) is 5.69 Å². The van der Waals surface area contributed by atoms with E-state index in [9.17, 15) is 9.18 Å². The second kappa shape index (κ2) is 6.72. The number of carbonyl (C=O) groups is 1. The van der Waals surface area contributed by atoms with Crippen LogP contribution >= 0.6 is 11.6 Å². The average Bonchev–Trinajstić information content (AvgIpc) is 2.89. The molecule has 0 aliphatic rings. The molecule has 0 unspecified atom stereocenters. The van der Waals surface area contributed by atoms with E-state index in [-0.39, 0.29) is 5.82 Å². The van der Waals surface area contributed by atoms with Crippen LogP contribution in [-0.2, 0) is 0 Å². The maximum atomic E-state index is 13.1. The second-order valence-corrected chi connectivity index (χ2v) is 5.61. The molecule has 1 aromatic heterocycles. The minimum absolute atomic E-state index is 0.326. The van der Waals surface area contributed by atoms with Crippen LogP contribution in [0.15, 0.2) is 48.5 Å². The number of anilines is 2. The van der Waals surface area contributed by atoms with Gasteiger partial charge in [0.2, 0.25) is 0 Å². The first-order valence-corrected chi connectivity index (χ1v) is 7.55. The lowest BCUT2D eigenvalue weighted by atomic mass is 10.1. The van der Waals surface area contributed by atoms with Crippen LogP contribution in [0.2, 0.25) is 5.02 Å². The monoisotopic (exact) mass is 344 g/mol. The average molecular weight is 345 g/mol. The molecule has 1 heterocycles. The number of hydrogen-bond acceptors (Lipinski definition) is 2. The van der Waals surface area contributed by atoms with Gasteiger partial charge >= 0.3 is 6.03 Å². The number of carbonyl (C=O) groups excluding carboxylic acids is 1. The van der Waals surface area contributed by atoms with Gasteiger partial charge < -0.3 is 5.32 Å². The molecule has 5 nitrogen and oxygen atoms in total. The Bertz CT molecular complexity index is 877. The van der Waals surface area contributed by atoms with Crippen LogP contribution in [-0.4, -0.2) is 16.2 Å². The molecule has 3 aromatic rings. The van der Waals surface area contributed by atoms with E-state index in [0.29, 0.717) is 22.1 Å². The summed E-state index contributed by atoms with van der Waals surface area (Å²) >= 11 is 5.89. The minimum atomic E-state index is -0.452. The third-order valence-corrected chi connectivity index (χ3v) is 3.63. The Morgan fingerprint density at radius 1 is 1.17 bits per heavy atom. The molecule has 2 amide bonds. The Labute approximate surface area is 142 Å². The molecule has 3 rings (SSSR count). The molecule has 0 saturated carbocycles. The van der Waals surface area contributed by atoms with Gasteiger partial charge in [-0.05, 0) is 42.8 Å². The summed E-state index contributed by atoms with van der Waals surface area (Å²) in [7, 11) is 0. The van der Waals surface area contributed by atoms with E-state index in [4.69, 9.17) is 11.6 Å². The number of benzene rings is 2. The Hall–Kier alpha value is -2.86. The number of urea groups is 1. The molecule has 0 atom stereocenters. The zero-order valence-electron chi connectivity index (χ0n) is 12.7. The predicted octanol–water partition coefficient (Wildman–Crippen LogP) is 4.82. The van der Waals surface area contributed by atoms with Crippen LogP contribution in [0.3, 0.4) is 0 Å². The summed E-state index contributed by atoms with van der Waals surface area (Å²) in [5.74, 6) is 0.0340. The fraction of sp³-hybridized carbons (Fsp3) is 0.0588. The second-order valence-electron chi connectivity index (χ2n) is 5.17. The molecule has 7 heteroatoms. The van der Waals surface area contributed by atoms with Gasteiger partial charge in [0.15, 0.2) is 5.82 Å². The SMILES string of the molecule is Cc1[nH]nc(NC(=O)Nc2cccc(Cl)c2)c1-c1ccc(F)cc1. The van der Waals surface area contributed by atoms with Crippen molar-refractivity contribution in [3.05, 3.63) is 65.1 Å². The van der Waals surface area contributed by atoms with Gasteiger partial charge in [0.1, 0.15) is 5.82 Å². The van der Waals surface area contributed by atoms with Gasteiger partial charge in [-0.15, -0.1) is 0 Å². The van der Waals surface area contributed by atoms with Crippen molar-refractivity contribution in [1.29, 1.82) is 0 Å². The molecular weight excluding hydrogens is 331 g/mol. The van der Waals surface area contributed by atoms with Crippen molar-refractivity contribution >= 4 is 29.1 Å². The third kappa shape index (κ3) is 3.55. The maximum Gasteiger partial charge on any atom is 0.324 e. The number of nitrogens with zero attached hydrogens (tertiary/aromatic N) is 1. The number of hydrogen-bond donors (Lipinski definition) is 3. The van der Waals surface area contributed by atoms with Gasteiger partial charge in [0.05, 0.1) is 0 Å². The number of halogens is 2. The summed E-state index contributed by atoms with van der Waals surface area (Å²) in [5.41, 5.74) is 2.78. The van der Waals surface area contributed by atoms with Gasteiger partial charge in [-0.2, -0.15) is 5.10 Å². The lowest BCUT2D eigenvalue weighted by molar-refractivity contribution is 0.262. The van der Waals surface area contributed by atoms with Gasteiger partial charge in [-0.3, -0.25) is 10.4 Å². The highest BCUT2D eigenvalue weighted by Crippen LogP contribution is 2.29. The van der Waals surface area contributed by atoms with Gasteiger partial charge in [0, 0.05) is 22.0 Å². The Kier molecular flexibility index (Phi) is 4.48. The quantitative estimate of drug-likeness (QED) is 0.637. The number of H-pyrrole nitrogens is 1. The van der Waals surface area contributed by atoms with E-state index in [1.54, 1.807) is 36.4 Å². The molecule has 3 N–H and O–H groups in total. The first-order valence-electron chi connectivity index (χ1n) is 7.17. The van der Waals surface area contributed by atoms with E-state index in [1.807, 2.05) is 6.92 Å². The van der Waals surface area contributed by atoms with E-state index in [2.05, 4.69) is 20.8 Å². The lowest BCUT2D eigenvalue weighted by Crippen LogP contribution is -2.20. The number of nitrogens with one attached hydrogen (secondary N) is 3. The van der Waals surface area contributed by atoms with Crippen molar-refractivity contribution in [1.82, 2.24) is 10.2 Å². The van der Waals surface area contributed by atoms with Crippen LogP contribution < -0.4 is 10.6 Å². The number of aromatic nitrogens is 2. The third-order valence-electron chi connectivity index (χ3n) is 3.39. The van der Waals surface area contributed by atoms with Crippen molar-refractivity contribution in [2.45, 2.75) is 6.92 Å². The first kappa shape index (κ1) is 16.0. The molecular formula is C17H14ClFN4O. The standard InChI is InChI=1S/C17H14ClFN4O/c1-10-15(11-5-7-13(19)8-6-11)16(23-22-10)21-17(24)20-14-4-2-3-12(18)9-14/h2-9H,1H3,(H3,20,21,22,23,24). The van der Waals surface area contributed by atoms with Gasteiger partial charge in [-0.25, -0.2) is 9.18 Å². The first-order chi connectivity index (χ1) is 11.5. The lowest BCUT2D eigenvalue weighted by Gasteiger charge is -2.08. The van der Waals surface area contributed by atoms with E-state index in [1.165, 1.54) is 12.1 Å². The van der Waals surface area contributed by atoms with Crippen LogP contribution in [0, 0.1) is 12.7 Å². The van der Waals surface area contributed by atoms with Crippen molar-refractivity contribution in [2.75, 3.05) is 10.6 Å². The highest BCUT2D eigenvalue weighted by molar-refractivity contribution is 6.30. The van der Waals surface area contributed by atoms with Gasteiger partial charge in [0.25, 0.3) is 0 Å². The normalized spacial score (nSPS) is 10.5. The van der Waals surface area contributed by atoms with Gasteiger partial charge in [-0.1, -0.05) is 29.8 Å². The Morgan fingerprint density at radius 2 is 1.92 bits per heavy atom. The molecule has 0 aliphatic heterocycles. The van der Waals surface area contributed by atoms with E-state index in [0.717, 1.165) is 11.3 Å². The molecule has 0 aliphatic carbocycles. The van der Waals surface area contributed by atoms with Crippen molar-refractivity contribution < 1.29 is 9.18 Å². The van der Waals surface area contributed by atoms with Crippen LogP contribution in [0.4, 0.5) is 20.7 Å². The van der Waals surface area contributed by atoms with Crippen LogP contribution in [0.25, 0.3) is 11.1 Å². The topological polar surface area (TPSA) is 69.8 Å². The molecule has 2 aromatic carbocycles. The van der Waals surface area contributed by atoms with E-state index >= 15 is 0 Å². The molecule has 0 spiro atoms. The maximum absolute atomic E-state index is 13.1. The summed E-state index contributed by atoms with van der Waals surface area (Å²) in [5, 5.41) is 12.8. The highest BCUT2D eigenvalue weighted by atomic mass is 35.5. The highest BCUT2D eigenvalue weighted by Gasteiger charge is 2.15.